The molecule has 7 nitrogen and oxygen atoms in total. The molecule has 0 atom stereocenters. The maximum absolute atomic E-state index is 13.5. The van der Waals surface area contributed by atoms with E-state index in [1.54, 1.807) is 43.1 Å². The highest BCUT2D eigenvalue weighted by atomic mass is 19.1. The molecule has 0 unspecified atom stereocenters. The summed E-state index contributed by atoms with van der Waals surface area (Å²) in [6, 6.07) is 5.38. The van der Waals surface area contributed by atoms with E-state index >= 15 is 0 Å². The van der Waals surface area contributed by atoms with E-state index in [9.17, 15) is 9.18 Å². The molecule has 1 aromatic carbocycles. The van der Waals surface area contributed by atoms with Gasteiger partial charge in [-0.1, -0.05) is 5.16 Å². The number of anilines is 1. The van der Waals surface area contributed by atoms with Crippen molar-refractivity contribution < 1.29 is 13.7 Å². The van der Waals surface area contributed by atoms with Crippen LogP contribution in [-0.2, 0) is 6.54 Å². The maximum Gasteiger partial charge on any atom is 0.319 e. The molecule has 0 aliphatic rings. The summed E-state index contributed by atoms with van der Waals surface area (Å²) in [6.07, 6.45) is 3.31. The van der Waals surface area contributed by atoms with E-state index in [0.29, 0.717) is 17.1 Å². The van der Waals surface area contributed by atoms with Gasteiger partial charge in [-0.2, -0.15) is 5.10 Å². The van der Waals surface area contributed by atoms with Crippen molar-refractivity contribution in [3.05, 3.63) is 59.5 Å². The van der Waals surface area contributed by atoms with Gasteiger partial charge in [-0.25, -0.2) is 13.9 Å². The number of hydrogen-bond donors (Lipinski definition) is 2. The Kier molecular flexibility index (Phi) is 4.28. The van der Waals surface area contributed by atoms with Gasteiger partial charge in [0, 0.05) is 24.5 Å². The first-order chi connectivity index (χ1) is 11.5. The first kappa shape index (κ1) is 15.7. The summed E-state index contributed by atoms with van der Waals surface area (Å²) in [5, 5.41) is 13.3. The lowest BCUT2D eigenvalue weighted by molar-refractivity contribution is 0.251. The van der Waals surface area contributed by atoms with Gasteiger partial charge in [0.25, 0.3) is 0 Å². The lowest BCUT2D eigenvalue weighted by Gasteiger charge is -2.12. The van der Waals surface area contributed by atoms with Gasteiger partial charge in [0.05, 0.1) is 17.1 Å². The molecule has 0 saturated heterocycles. The van der Waals surface area contributed by atoms with Crippen LogP contribution in [0.3, 0.4) is 0 Å². The number of benzene rings is 1. The monoisotopic (exact) mass is 329 g/mol. The molecule has 0 saturated carbocycles. The normalized spacial score (nSPS) is 10.6. The quantitative estimate of drug-likeness (QED) is 0.771. The lowest BCUT2D eigenvalue weighted by atomic mass is 10.2. The van der Waals surface area contributed by atoms with Crippen LogP contribution >= 0.6 is 0 Å². The van der Waals surface area contributed by atoms with Gasteiger partial charge in [-0.15, -0.1) is 0 Å². The molecular formula is C16H16FN5O2. The Labute approximate surface area is 137 Å². The maximum atomic E-state index is 13.5. The highest BCUT2D eigenvalue weighted by Gasteiger charge is 2.13. The number of amides is 2. The molecule has 2 aromatic heterocycles. The van der Waals surface area contributed by atoms with Gasteiger partial charge in [0.1, 0.15) is 11.6 Å². The Morgan fingerprint density at radius 1 is 1.38 bits per heavy atom. The Balaban J connectivity index is 1.74. The van der Waals surface area contributed by atoms with E-state index in [0.717, 1.165) is 11.3 Å². The molecule has 2 heterocycles. The first-order valence-corrected chi connectivity index (χ1v) is 7.31. The zero-order valence-corrected chi connectivity index (χ0v) is 13.2. The molecule has 2 N–H and O–H groups in total. The average molecular weight is 329 g/mol. The number of nitrogens with one attached hydrogen (secondary N) is 2. The van der Waals surface area contributed by atoms with Gasteiger partial charge >= 0.3 is 6.03 Å². The number of halogens is 1. The van der Waals surface area contributed by atoms with Crippen LogP contribution in [0, 0.1) is 19.7 Å². The highest BCUT2D eigenvalue weighted by molar-refractivity contribution is 5.91. The second kappa shape index (κ2) is 6.53. The minimum Gasteiger partial charge on any atom is -0.361 e. The summed E-state index contributed by atoms with van der Waals surface area (Å²) in [4.78, 5) is 12.1. The van der Waals surface area contributed by atoms with Crippen molar-refractivity contribution in [1.82, 2.24) is 20.3 Å². The second-order valence-electron chi connectivity index (χ2n) is 5.22. The Morgan fingerprint density at radius 3 is 2.88 bits per heavy atom. The fourth-order valence-electron chi connectivity index (χ4n) is 2.31. The van der Waals surface area contributed by atoms with Crippen LogP contribution in [0.1, 0.15) is 17.0 Å². The minimum absolute atomic E-state index is 0.263. The van der Waals surface area contributed by atoms with Gasteiger partial charge < -0.3 is 15.2 Å². The lowest BCUT2D eigenvalue weighted by Crippen LogP contribution is -2.29. The Bertz CT molecular complexity index is 838. The van der Waals surface area contributed by atoms with Gasteiger partial charge in [0.2, 0.25) is 0 Å². The summed E-state index contributed by atoms with van der Waals surface area (Å²) in [5.41, 5.74) is 2.41. The molecule has 124 valence electrons. The van der Waals surface area contributed by atoms with Crippen LogP contribution in [0.15, 0.2) is 41.2 Å². The SMILES string of the molecule is Cc1noc(C)c1CNC(=O)Nc1cc(F)ccc1-n1cccn1. The number of aromatic nitrogens is 3. The molecule has 0 radical (unpaired) electrons. The summed E-state index contributed by atoms with van der Waals surface area (Å²) in [5.74, 6) is 0.197. The van der Waals surface area contributed by atoms with Crippen molar-refractivity contribution in [2.24, 2.45) is 0 Å². The van der Waals surface area contributed by atoms with Crippen molar-refractivity contribution >= 4 is 11.7 Å². The van der Waals surface area contributed by atoms with Gasteiger partial charge in [0.15, 0.2) is 0 Å². The molecule has 0 bridgehead atoms. The third-order valence-electron chi connectivity index (χ3n) is 3.56. The van der Waals surface area contributed by atoms with Crippen LogP contribution in [0.5, 0.6) is 0 Å². The molecule has 8 heteroatoms. The molecule has 0 spiro atoms. The molecule has 24 heavy (non-hydrogen) atoms. The summed E-state index contributed by atoms with van der Waals surface area (Å²) >= 11 is 0. The van der Waals surface area contributed by atoms with Crippen LogP contribution in [0.4, 0.5) is 14.9 Å². The van der Waals surface area contributed by atoms with E-state index in [-0.39, 0.29) is 6.54 Å². The number of aryl methyl sites for hydroxylation is 2. The van der Waals surface area contributed by atoms with Gasteiger partial charge in [-0.05, 0) is 38.1 Å². The fraction of sp³-hybridized carbons (Fsp3) is 0.188. The standard InChI is InChI=1S/C16H16FN5O2/c1-10-13(11(2)24-21-10)9-18-16(23)20-14-8-12(17)4-5-15(14)22-7-3-6-19-22/h3-8H,9H2,1-2H3,(H2,18,20,23). The summed E-state index contributed by atoms with van der Waals surface area (Å²) < 4.78 is 20.1. The summed E-state index contributed by atoms with van der Waals surface area (Å²) in [6.45, 7) is 3.84. The second-order valence-corrected chi connectivity index (χ2v) is 5.22. The molecule has 3 rings (SSSR count). The number of carbonyl (C=O) groups excluding carboxylic acids is 1. The van der Waals surface area contributed by atoms with E-state index in [4.69, 9.17) is 4.52 Å². The number of rotatable bonds is 4. The van der Waals surface area contributed by atoms with E-state index in [2.05, 4.69) is 20.9 Å². The third kappa shape index (κ3) is 3.27. The average Bonchev–Trinajstić information content (AvgIpc) is 3.17. The number of nitrogens with zero attached hydrogens (tertiary/aromatic N) is 3. The van der Waals surface area contributed by atoms with E-state index < -0.39 is 11.8 Å². The highest BCUT2D eigenvalue weighted by Crippen LogP contribution is 2.21. The topological polar surface area (TPSA) is 85.0 Å². The van der Waals surface area contributed by atoms with Crippen LogP contribution in [-0.4, -0.2) is 21.0 Å². The van der Waals surface area contributed by atoms with Crippen LogP contribution in [0.25, 0.3) is 5.69 Å². The smallest absolute Gasteiger partial charge is 0.319 e. The zero-order valence-electron chi connectivity index (χ0n) is 13.2. The molecule has 0 aliphatic carbocycles. The Morgan fingerprint density at radius 2 is 2.21 bits per heavy atom. The summed E-state index contributed by atoms with van der Waals surface area (Å²) in [7, 11) is 0. The third-order valence-corrected chi connectivity index (χ3v) is 3.56. The minimum atomic E-state index is -0.464. The van der Waals surface area contributed by atoms with Crippen molar-refractivity contribution in [3.63, 3.8) is 0 Å². The predicted octanol–water partition coefficient (Wildman–Crippen LogP) is 2.94. The number of carbonyl (C=O) groups is 1. The molecular weight excluding hydrogens is 313 g/mol. The van der Waals surface area contributed by atoms with Crippen LogP contribution < -0.4 is 10.6 Å². The van der Waals surface area contributed by atoms with E-state index in [1.165, 1.54) is 12.1 Å². The van der Waals surface area contributed by atoms with Crippen LogP contribution in [0.2, 0.25) is 0 Å². The molecule has 3 aromatic rings. The van der Waals surface area contributed by atoms with Crippen molar-refractivity contribution in [2.75, 3.05) is 5.32 Å². The number of urea groups is 1. The van der Waals surface area contributed by atoms with Crippen molar-refractivity contribution in [1.29, 1.82) is 0 Å². The number of hydrogen-bond acceptors (Lipinski definition) is 4. The fourth-order valence-corrected chi connectivity index (χ4v) is 2.31. The molecule has 0 fully saturated rings. The molecule has 2 amide bonds. The molecule has 0 aliphatic heterocycles. The predicted molar refractivity (Wildman–Crippen MR) is 85.4 cm³/mol. The largest absolute Gasteiger partial charge is 0.361 e. The first-order valence-electron chi connectivity index (χ1n) is 7.31. The zero-order chi connectivity index (χ0) is 17.1. The Hall–Kier alpha value is -3.16. The van der Waals surface area contributed by atoms with Gasteiger partial charge in [-0.3, -0.25) is 0 Å². The van der Waals surface area contributed by atoms with Crippen molar-refractivity contribution in [3.8, 4) is 5.69 Å². The van der Waals surface area contributed by atoms with E-state index in [1.807, 2.05) is 0 Å². The van der Waals surface area contributed by atoms with Crippen molar-refractivity contribution in [2.45, 2.75) is 20.4 Å².